The van der Waals surface area contributed by atoms with Gasteiger partial charge in [-0.3, -0.25) is 4.79 Å². The first kappa shape index (κ1) is 26.6. The third-order valence-corrected chi connectivity index (χ3v) is 16.8. The van der Waals surface area contributed by atoms with Gasteiger partial charge in [-0.25, -0.2) is 0 Å². The summed E-state index contributed by atoms with van der Waals surface area (Å²) in [7, 11) is -4.78. The lowest BCUT2D eigenvalue weighted by atomic mass is 9.91. The quantitative estimate of drug-likeness (QED) is 0.141. The average Bonchev–Trinajstić information content (AvgIpc) is 3.21. The molecule has 1 aliphatic rings. The van der Waals surface area contributed by atoms with E-state index in [9.17, 15) is 4.79 Å². The summed E-state index contributed by atoms with van der Waals surface area (Å²) in [5.74, 6) is 3.65. The van der Waals surface area contributed by atoms with Crippen LogP contribution in [0, 0.1) is 18.4 Å². The molecule has 0 amide bonds. The van der Waals surface area contributed by atoms with Crippen molar-refractivity contribution in [1.82, 2.24) is 0 Å². The van der Waals surface area contributed by atoms with E-state index < -0.39 is 16.1 Å². The van der Waals surface area contributed by atoms with Crippen LogP contribution in [0.3, 0.4) is 0 Å². The normalized spacial score (nSPS) is 14.7. The number of Topliss-reactive ketones (excluding diaryl/α,β-unsaturated/α-hetero) is 1. The Morgan fingerprint density at radius 1 is 0.667 bits per heavy atom. The molecule has 39 heavy (non-hydrogen) atoms. The highest BCUT2D eigenvalue weighted by Crippen LogP contribution is 2.52. The Morgan fingerprint density at radius 3 is 1.69 bits per heavy atom. The Morgan fingerprint density at radius 2 is 1.15 bits per heavy atom. The van der Waals surface area contributed by atoms with Crippen LogP contribution in [-0.4, -0.2) is 21.9 Å². The molecule has 4 aromatic carbocycles. The number of allylic oxidation sites excluding steroid dienone is 3. The van der Waals surface area contributed by atoms with Crippen LogP contribution in [0.1, 0.15) is 32.6 Å². The second kappa shape index (κ2) is 10.7. The molecular weight excluding hydrogens is 505 g/mol. The molecule has 0 atom stereocenters. The van der Waals surface area contributed by atoms with Crippen molar-refractivity contribution in [3.8, 4) is 11.5 Å². The van der Waals surface area contributed by atoms with Crippen LogP contribution >= 0.6 is 0 Å². The summed E-state index contributed by atoms with van der Waals surface area (Å²) in [5, 5.41) is 0.994. The topological polar surface area (TPSA) is 17.1 Å². The molecule has 0 N–H and O–H groups in total. The van der Waals surface area contributed by atoms with E-state index in [-0.39, 0.29) is 5.78 Å². The van der Waals surface area contributed by atoms with Gasteiger partial charge in [0, 0.05) is 11.1 Å². The summed E-state index contributed by atoms with van der Waals surface area (Å²) in [6.07, 6.45) is 0. The number of hydrogen-bond donors (Lipinski definition) is 0. The molecule has 4 aromatic rings. The maximum atomic E-state index is 14.5. The number of carbonyl (C=O) groups excluding carboxylic acids is 1. The molecule has 0 saturated carbocycles. The van der Waals surface area contributed by atoms with Gasteiger partial charge < -0.3 is 0 Å². The number of ketones is 1. The first-order chi connectivity index (χ1) is 18.7. The van der Waals surface area contributed by atoms with Gasteiger partial charge in [-0.2, -0.15) is 0 Å². The maximum absolute atomic E-state index is 14.5. The van der Waals surface area contributed by atoms with E-state index in [1.807, 2.05) is 48.5 Å². The fourth-order valence-electron chi connectivity index (χ4n) is 5.94. The molecule has 0 fully saturated rings. The van der Waals surface area contributed by atoms with Gasteiger partial charge in [0.05, 0.1) is 0 Å². The van der Waals surface area contributed by atoms with E-state index >= 15 is 0 Å². The summed E-state index contributed by atoms with van der Waals surface area (Å²) in [4.78, 5) is 16.0. The van der Waals surface area contributed by atoms with Gasteiger partial charge in [0.1, 0.15) is 8.07 Å². The van der Waals surface area contributed by atoms with E-state index in [4.69, 9.17) is 0 Å². The summed E-state index contributed by atoms with van der Waals surface area (Å²) in [6.45, 7) is 11.5. The second-order valence-electron chi connectivity index (χ2n) is 11.3. The molecule has 1 heterocycles. The molecule has 0 radical (unpaired) electrons. The van der Waals surface area contributed by atoms with Gasteiger partial charge in [-0.15, -0.1) is 5.54 Å². The molecule has 0 saturated heterocycles. The van der Waals surface area contributed by atoms with E-state index in [0.717, 1.165) is 33.0 Å². The van der Waals surface area contributed by atoms with Crippen LogP contribution in [0.5, 0.6) is 0 Å². The predicted molar refractivity (Wildman–Crippen MR) is 171 cm³/mol. The molecule has 5 rings (SSSR count). The van der Waals surface area contributed by atoms with E-state index in [1.165, 1.54) is 16.0 Å². The van der Waals surface area contributed by atoms with Crippen molar-refractivity contribution in [3.63, 3.8) is 0 Å². The van der Waals surface area contributed by atoms with Gasteiger partial charge >= 0.3 is 0 Å². The molecule has 0 aromatic heterocycles. The molecule has 3 heteroatoms. The molecule has 1 aliphatic heterocycles. The predicted octanol–water partition coefficient (Wildman–Crippen LogP) is 8.72. The molecular formula is C36H34OSi2. The summed E-state index contributed by atoms with van der Waals surface area (Å²) in [6, 6.07) is 39.4. The number of benzene rings is 4. The molecule has 0 unspecified atom stereocenters. The van der Waals surface area contributed by atoms with Crippen molar-refractivity contribution >= 4 is 33.1 Å². The SMILES string of the molecule is Cc1ccc(C(=O)C2=C(c3ccccc3)C(c3ccccc3)=C([Si](C)(C)C#Cc3ccccc3)[Si]2(C)C)cc1. The van der Waals surface area contributed by atoms with Gasteiger partial charge in [-0.1, -0.05) is 146 Å². The van der Waals surface area contributed by atoms with Crippen LogP contribution in [0.4, 0.5) is 0 Å². The highest BCUT2D eigenvalue weighted by Gasteiger charge is 2.50. The van der Waals surface area contributed by atoms with Crippen LogP contribution in [-0.2, 0) is 0 Å². The minimum Gasteiger partial charge on any atom is -0.289 e. The smallest absolute Gasteiger partial charge is 0.186 e. The van der Waals surface area contributed by atoms with Crippen LogP contribution in [0.2, 0.25) is 26.2 Å². The molecule has 0 bridgehead atoms. The third-order valence-electron chi connectivity index (χ3n) is 7.58. The lowest BCUT2D eigenvalue weighted by Crippen LogP contribution is -2.45. The van der Waals surface area contributed by atoms with Gasteiger partial charge in [0.15, 0.2) is 13.9 Å². The van der Waals surface area contributed by atoms with Crippen molar-refractivity contribution in [3.05, 3.63) is 153 Å². The van der Waals surface area contributed by atoms with Crippen molar-refractivity contribution in [2.75, 3.05) is 0 Å². The first-order valence-corrected chi connectivity index (χ1v) is 19.5. The van der Waals surface area contributed by atoms with Crippen LogP contribution in [0.25, 0.3) is 11.1 Å². The number of hydrogen-bond acceptors (Lipinski definition) is 1. The zero-order valence-corrected chi connectivity index (χ0v) is 25.4. The monoisotopic (exact) mass is 538 g/mol. The molecule has 192 valence electrons. The van der Waals surface area contributed by atoms with Gasteiger partial charge in [0.25, 0.3) is 0 Å². The lowest BCUT2D eigenvalue weighted by Gasteiger charge is -2.32. The highest BCUT2D eigenvalue weighted by molar-refractivity contribution is 7.15. The average molecular weight is 539 g/mol. The lowest BCUT2D eigenvalue weighted by molar-refractivity contribution is 0.104. The van der Waals surface area contributed by atoms with E-state index in [0.29, 0.717) is 0 Å². The Balaban J connectivity index is 1.82. The molecule has 1 nitrogen and oxygen atoms in total. The highest BCUT2D eigenvalue weighted by atomic mass is 28.4. The number of aryl methyl sites for hydroxylation is 1. The van der Waals surface area contributed by atoms with Crippen molar-refractivity contribution in [1.29, 1.82) is 0 Å². The number of carbonyl (C=O) groups is 1. The molecule has 0 spiro atoms. The van der Waals surface area contributed by atoms with Gasteiger partial charge in [0.2, 0.25) is 0 Å². The Bertz CT molecular complexity index is 1630. The van der Waals surface area contributed by atoms with E-state index in [1.54, 1.807) is 0 Å². The number of rotatable bonds is 5. The zero-order valence-electron chi connectivity index (χ0n) is 23.4. The Hall–Kier alpha value is -3.98. The fraction of sp³-hybridized carbons (Fsp3) is 0.139. The van der Waals surface area contributed by atoms with Crippen molar-refractivity contribution < 1.29 is 4.79 Å². The largest absolute Gasteiger partial charge is 0.289 e. The first-order valence-electron chi connectivity index (χ1n) is 13.5. The fourth-order valence-corrected chi connectivity index (χ4v) is 17.0. The molecule has 0 aliphatic carbocycles. The summed E-state index contributed by atoms with van der Waals surface area (Å²) >= 11 is 0. The van der Waals surface area contributed by atoms with Crippen LogP contribution < -0.4 is 0 Å². The standard InChI is InChI=1S/C36H34OSi2/c1-27-21-23-31(24-22-27)34(37)35-32(29-17-11-7-12-18-29)33(30-19-13-8-14-20-30)36(39(35,4)5)38(2,3)26-25-28-15-9-6-10-16-28/h6-24H,1-5H3. The van der Waals surface area contributed by atoms with E-state index in [2.05, 4.69) is 111 Å². The van der Waals surface area contributed by atoms with Crippen LogP contribution in [0.15, 0.2) is 125 Å². The minimum absolute atomic E-state index is 0.148. The zero-order chi connectivity index (χ0) is 27.6. The maximum Gasteiger partial charge on any atom is 0.186 e. The Kier molecular flexibility index (Phi) is 7.27. The Labute approximate surface area is 235 Å². The third kappa shape index (κ3) is 5.19. The van der Waals surface area contributed by atoms with Gasteiger partial charge in [-0.05, 0) is 46.5 Å². The minimum atomic E-state index is -2.45. The summed E-state index contributed by atoms with van der Waals surface area (Å²) < 4.78 is 0. The summed E-state index contributed by atoms with van der Waals surface area (Å²) in [5.41, 5.74) is 11.3. The second-order valence-corrected chi connectivity index (χ2v) is 20.0. The van der Waals surface area contributed by atoms with Crippen molar-refractivity contribution in [2.24, 2.45) is 0 Å². The van der Waals surface area contributed by atoms with Crippen molar-refractivity contribution in [2.45, 2.75) is 33.1 Å².